The van der Waals surface area contributed by atoms with Crippen LogP contribution in [0.4, 0.5) is 0 Å². The summed E-state index contributed by atoms with van der Waals surface area (Å²) < 4.78 is 5.50. The lowest BCUT2D eigenvalue weighted by Gasteiger charge is -2.01. The fraction of sp³-hybridized carbons (Fsp3) is 0.0667. The zero-order chi connectivity index (χ0) is 15.4. The van der Waals surface area contributed by atoms with Crippen molar-refractivity contribution in [3.05, 3.63) is 65.3 Å². The molecule has 0 atom stereocenters. The molecule has 0 fully saturated rings. The van der Waals surface area contributed by atoms with Crippen molar-refractivity contribution < 1.29 is 9.21 Å². The quantitative estimate of drug-likeness (QED) is 0.800. The van der Waals surface area contributed by atoms with Gasteiger partial charge in [0.25, 0.3) is 5.91 Å². The van der Waals surface area contributed by atoms with Crippen LogP contribution in [0.15, 0.2) is 53.2 Å². The first-order valence-corrected chi connectivity index (χ1v) is 6.87. The van der Waals surface area contributed by atoms with Crippen molar-refractivity contribution in [1.82, 2.24) is 20.5 Å². The number of benzene rings is 1. The highest BCUT2D eigenvalue weighted by Gasteiger charge is 2.10. The molecule has 3 aromatic rings. The van der Waals surface area contributed by atoms with Crippen molar-refractivity contribution >= 4 is 17.5 Å². The number of amides is 1. The van der Waals surface area contributed by atoms with Crippen molar-refractivity contribution in [2.45, 2.75) is 6.54 Å². The molecule has 0 saturated heterocycles. The van der Waals surface area contributed by atoms with Gasteiger partial charge >= 0.3 is 0 Å². The third-order valence-electron chi connectivity index (χ3n) is 2.88. The number of carbonyl (C=O) groups is 1. The second-order valence-corrected chi connectivity index (χ2v) is 4.87. The first-order valence-electron chi connectivity index (χ1n) is 6.49. The molecule has 1 aromatic carbocycles. The number of aromatic nitrogens is 3. The average molecular weight is 315 g/mol. The molecule has 0 spiro atoms. The van der Waals surface area contributed by atoms with E-state index in [1.165, 1.54) is 6.20 Å². The highest BCUT2D eigenvalue weighted by atomic mass is 35.5. The standard InChI is InChI=1S/C15H11ClN4O2/c16-12-5-3-10(4-6-12)15-20-19-13(22-15)9-18-14(21)11-2-1-7-17-8-11/h1-8H,9H2,(H,18,21). The van der Waals surface area contributed by atoms with Crippen molar-refractivity contribution in [2.24, 2.45) is 0 Å². The second kappa shape index (κ2) is 6.36. The summed E-state index contributed by atoms with van der Waals surface area (Å²) in [4.78, 5) is 15.8. The van der Waals surface area contributed by atoms with Gasteiger partial charge in [0, 0.05) is 23.0 Å². The van der Waals surface area contributed by atoms with Gasteiger partial charge in [-0.05, 0) is 36.4 Å². The summed E-state index contributed by atoms with van der Waals surface area (Å²) in [6, 6.07) is 10.4. The Morgan fingerprint density at radius 2 is 2.00 bits per heavy atom. The summed E-state index contributed by atoms with van der Waals surface area (Å²) in [7, 11) is 0. The van der Waals surface area contributed by atoms with E-state index in [1.54, 1.807) is 42.6 Å². The van der Waals surface area contributed by atoms with Gasteiger partial charge in [0.15, 0.2) is 0 Å². The van der Waals surface area contributed by atoms with Gasteiger partial charge in [-0.25, -0.2) is 0 Å². The van der Waals surface area contributed by atoms with Crippen molar-refractivity contribution in [2.75, 3.05) is 0 Å². The van der Waals surface area contributed by atoms with E-state index in [-0.39, 0.29) is 12.5 Å². The van der Waals surface area contributed by atoms with Crippen LogP contribution in [-0.4, -0.2) is 21.1 Å². The van der Waals surface area contributed by atoms with Crippen molar-refractivity contribution in [3.63, 3.8) is 0 Å². The topological polar surface area (TPSA) is 80.9 Å². The van der Waals surface area contributed by atoms with E-state index in [1.807, 2.05) is 0 Å². The van der Waals surface area contributed by atoms with E-state index in [2.05, 4.69) is 20.5 Å². The summed E-state index contributed by atoms with van der Waals surface area (Å²) in [6.45, 7) is 0.147. The zero-order valence-corrected chi connectivity index (χ0v) is 12.1. The van der Waals surface area contributed by atoms with Gasteiger partial charge in [-0.3, -0.25) is 9.78 Å². The van der Waals surface area contributed by atoms with Crippen LogP contribution < -0.4 is 5.32 Å². The Morgan fingerprint density at radius 1 is 1.18 bits per heavy atom. The van der Waals surface area contributed by atoms with Gasteiger partial charge in [-0.2, -0.15) is 0 Å². The van der Waals surface area contributed by atoms with Crippen LogP contribution in [0.25, 0.3) is 11.5 Å². The Morgan fingerprint density at radius 3 is 2.73 bits per heavy atom. The Hall–Kier alpha value is -2.73. The van der Waals surface area contributed by atoms with Crippen LogP contribution >= 0.6 is 11.6 Å². The van der Waals surface area contributed by atoms with E-state index in [4.69, 9.17) is 16.0 Å². The molecule has 22 heavy (non-hydrogen) atoms. The molecule has 0 radical (unpaired) electrons. The minimum atomic E-state index is -0.251. The first-order chi connectivity index (χ1) is 10.7. The molecule has 1 N–H and O–H groups in total. The molecule has 0 aliphatic carbocycles. The van der Waals surface area contributed by atoms with Gasteiger partial charge in [-0.15, -0.1) is 10.2 Å². The molecule has 7 heteroatoms. The number of halogens is 1. The van der Waals surface area contributed by atoms with Crippen LogP contribution in [0, 0.1) is 0 Å². The van der Waals surface area contributed by atoms with Crippen LogP contribution in [-0.2, 0) is 6.54 Å². The van der Waals surface area contributed by atoms with Crippen LogP contribution in [0.2, 0.25) is 5.02 Å². The van der Waals surface area contributed by atoms with E-state index in [0.717, 1.165) is 5.56 Å². The summed E-state index contributed by atoms with van der Waals surface area (Å²) >= 11 is 5.83. The number of nitrogens with zero attached hydrogens (tertiary/aromatic N) is 3. The molecule has 0 bridgehead atoms. The number of carbonyl (C=O) groups excluding carboxylic acids is 1. The molecular formula is C15H11ClN4O2. The molecule has 0 aliphatic heterocycles. The molecule has 2 heterocycles. The van der Waals surface area contributed by atoms with E-state index in [9.17, 15) is 4.79 Å². The van der Waals surface area contributed by atoms with Crippen LogP contribution in [0.5, 0.6) is 0 Å². The molecule has 0 saturated carbocycles. The highest BCUT2D eigenvalue weighted by Crippen LogP contribution is 2.20. The predicted octanol–water partition coefficient (Wildman–Crippen LogP) is 2.72. The molecule has 2 aromatic heterocycles. The molecule has 6 nitrogen and oxygen atoms in total. The number of hydrogen-bond acceptors (Lipinski definition) is 5. The van der Waals surface area contributed by atoms with Gasteiger partial charge in [0.1, 0.15) is 0 Å². The average Bonchev–Trinajstić information content (AvgIpc) is 3.03. The van der Waals surface area contributed by atoms with E-state index >= 15 is 0 Å². The minimum absolute atomic E-state index is 0.147. The number of pyridine rings is 1. The Balaban J connectivity index is 1.65. The normalized spacial score (nSPS) is 10.4. The Labute approximate surface area is 131 Å². The smallest absolute Gasteiger partial charge is 0.253 e. The fourth-order valence-corrected chi connectivity index (χ4v) is 1.92. The first kappa shape index (κ1) is 14.2. The summed E-state index contributed by atoms with van der Waals surface area (Å²) in [6.07, 6.45) is 3.09. The van der Waals surface area contributed by atoms with Crippen LogP contribution in [0.3, 0.4) is 0 Å². The van der Waals surface area contributed by atoms with Gasteiger partial charge in [0.2, 0.25) is 11.8 Å². The summed E-state index contributed by atoms with van der Waals surface area (Å²) in [5.41, 5.74) is 1.24. The number of hydrogen-bond donors (Lipinski definition) is 1. The van der Waals surface area contributed by atoms with Gasteiger partial charge in [0.05, 0.1) is 12.1 Å². The van der Waals surface area contributed by atoms with E-state index < -0.39 is 0 Å². The molecular weight excluding hydrogens is 304 g/mol. The van der Waals surface area contributed by atoms with Gasteiger partial charge in [-0.1, -0.05) is 11.6 Å². The maximum Gasteiger partial charge on any atom is 0.253 e. The highest BCUT2D eigenvalue weighted by molar-refractivity contribution is 6.30. The lowest BCUT2D eigenvalue weighted by atomic mass is 10.2. The molecule has 1 amide bonds. The van der Waals surface area contributed by atoms with Crippen molar-refractivity contribution in [3.8, 4) is 11.5 Å². The maximum atomic E-state index is 11.9. The third kappa shape index (κ3) is 3.29. The molecule has 0 aliphatic rings. The lowest BCUT2D eigenvalue weighted by Crippen LogP contribution is -2.23. The third-order valence-corrected chi connectivity index (χ3v) is 3.13. The summed E-state index contributed by atoms with van der Waals surface area (Å²) in [5.74, 6) is 0.448. The SMILES string of the molecule is O=C(NCc1nnc(-c2ccc(Cl)cc2)o1)c1cccnc1. The monoisotopic (exact) mass is 314 g/mol. The molecule has 110 valence electrons. The second-order valence-electron chi connectivity index (χ2n) is 4.43. The fourth-order valence-electron chi connectivity index (χ4n) is 1.79. The Kier molecular flexibility index (Phi) is 4.11. The largest absolute Gasteiger partial charge is 0.419 e. The number of rotatable bonds is 4. The van der Waals surface area contributed by atoms with Crippen molar-refractivity contribution in [1.29, 1.82) is 0 Å². The summed E-state index contributed by atoms with van der Waals surface area (Å²) in [5, 5.41) is 11.2. The van der Waals surface area contributed by atoms with Crippen LogP contribution in [0.1, 0.15) is 16.2 Å². The Bertz CT molecular complexity index is 772. The molecule has 0 unspecified atom stereocenters. The van der Waals surface area contributed by atoms with E-state index in [0.29, 0.717) is 22.4 Å². The minimum Gasteiger partial charge on any atom is -0.419 e. The predicted molar refractivity (Wildman–Crippen MR) is 80.2 cm³/mol. The lowest BCUT2D eigenvalue weighted by molar-refractivity contribution is 0.0947. The number of nitrogens with one attached hydrogen (secondary N) is 1. The zero-order valence-electron chi connectivity index (χ0n) is 11.4. The molecule has 3 rings (SSSR count). The van der Waals surface area contributed by atoms with Gasteiger partial charge < -0.3 is 9.73 Å². The maximum absolute atomic E-state index is 11.9.